The van der Waals surface area contributed by atoms with Crippen molar-refractivity contribution in [3.8, 4) is 0 Å². The molecule has 0 aromatic carbocycles. The maximum absolute atomic E-state index is 12.5. The van der Waals surface area contributed by atoms with Crippen molar-refractivity contribution < 1.29 is 13.2 Å². The fourth-order valence-corrected chi connectivity index (χ4v) is 0.856. The first-order chi connectivity index (χ1) is 5.11. The zero-order chi connectivity index (χ0) is 8.43. The number of hydrogen-bond donors (Lipinski definition) is 0. The van der Waals surface area contributed by atoms with Gasteiger partial charge in [0.1, 0.15) is 0 Å². The van der Waals surface area contributed by atoms with Gasteiger partial charge in [0.25, 0.3) is 6.43 Å². The van der Waals surface area contributed by atoms with Crippen molar-refractivity contribution in [2.75, 3.05) is 13.7 Å². The molecule has 1 rings (SSSR count). The van der Waals surface area contributed by atoms with E-state index >= 15 is 0 Å². The smallest absolute Gasteiger partial charge is 0.287 e. The molecule has 0 radical (unpaired) electrons. The van der Waals surface area contributed by atoms with Gasteiger partial charge < -0.3 is 9.80 Å². The van der Waals surface area contributed by atoms with Crippen LogP contribution < -0.4 is 0 Å². The molecule has 0 fully saturated rings. The summed E-state index contributed by atoms with van der Waals surface area (Å²) in [4.78, 5) is 2.57. The molecular weight excluding hydrogens is 237 g/mol. The van der Waals surface area contributed by atoms with E-state index in [1.54, 1.807) is 18.1 Å². The number of hydrogen-bond acceptors (Lipinski definition) is 2. The minimum Gasteiger partial charge on any atom is -0.362 e. The van der Waals surface area contributed by atoms with Crippen molar-refractivity contribution in [2.45, 2.75) is 12.7 Å². The molecule has 0 bridgehead atoms. The third-order valence-electron chi connectivity index (χ3n) is 1.42. The molecule has 12 heavy (non-hydrogen) atoms. The van der Waals surface area contributed by atoms with E-state index in [2.05, 4.69) is 0 Å². The van der Waals surface area contributed by atoms with Gasteiger partial charge in [-0.3, -0.25) is 0 Å². The quantitative estimate of drug-likeness (QED) is 0.686. The molecule has 1 heterocycles. The predicted octanol–water partition coefficient (Wildman–Crippen LogP) is 1.80. The Morgan fingerprint density at radius 1 is 1.25 bits per heavy atom. The Balaban J connectivity index is 0.00000121. The minimum absolute atomic E-state index is 0. The Bertz CT molecular complexity index is 165. The van der Waals surface area contributed by atoms with E-state index < -0.39 is 12.7 Å². The van der Waals surface area contributed by atoms with Gasteiger partial charge in [-0.2, -0.15) is 0 Å². The molecule has 0 amide bonds. The Labute approximate surface area is 79.4 Å². The van der Waals surface area contributed by atoms with Gasteiger partial charge in [0.2, 0.25) is 6.30 Å². The van der Waals surface area contributed by atoms with Gasteiger partial charge in [-0.1, -0.05) is 0 Å². The lowest BCUT2D eigenvalue weighted by atomic mass is 10.5. The molecule has 0 spiro atoms. The number of halogens is 4. The second kappa shape index (κ2) is 4.59. The molecule has 0 saturated carbocycles. The van der Waals surface area contributed by atoms with Gasteiger partial charge in [0.15, 0.2) is 0 Å². The molecular formula is C6H10BrF3N2. The molecule has 0 N–H and O–H groups in total. The highest BCUT2D eigenvalue weighted by atomic mass is 79.9. The summed E-state index contributed by atoms with van der Waals surface area (Å²) in [6, 6.07) is 0. The molecule has 0 aliphatic carbocycles. The summed E-state index contributed by atoms with van der Waals surface area (Å²) >= 11 is 0. The van der Waals surface area contributed by atoms with Crippen LogP contribution in [0.4, 0.5) is 13.2 Å². The van der Waals surface area contributed by atoms with Crippen molar-refractivity contribution in [1.82, 2.24) is 9.80 Å². The van der Waals surface area contributed by atoms with Crippen LogP contribution in [0, 0.1) is 0 Å². The number of rotatable bonds is 2. The summed E-state index contributed by atoms with van der Waals surface area (Å²) in [6.45, 7) is 0.186. The summed E-state index contributed by atoms with van der Waals surface area (Å²) in [5.41, 5.74) is 0. The summed E-state index contributed by atoms with van der Waals surface area (Å²) in [5.74, 6) is 0. The molecule has 2 nitrogen and oxygen atoms in total. The molecule has 0 saturated heterocycles. The topological polar surface area (TPSA) is 6.48 Å². The van der Waals surface area contributed by atoms with Crippen LogP contribution in [-0.2, 0) is 0 Å². The number of alkyl halides is 3. The van der Waals surface area contributed by atoms with Gasteiger partial charge in [0.05, 0.1) is 6.67 Å². The van der Waals surface area contributed by atoms with E-state index in [9.17, 15) is 13.2 Å². The monoisotopic (exact) mass is 246 g/mol. The third-order valence-corrected chi connectivity index (χ3v) is 1.42. The van der Waals surface area contributed by atoms with E-state index in [-0.39, 0.29) is 23.7 Å². The van der Waals surface area contributed by atoms with Crippen LogP contribution in [0.5, 0.6) is 0 Å². The van der Waals surface area contributed by atoms with Crippen LogP contribution in [0.1, 0.15) is 0 Å². The molecule has 1 atom stereocenters. The maximum atomic E-state index is 12.5. The van der Waals surface area contributed by atoms with Gasteiger partial charge in [-0.05, 0) is 0 Å². The van der Waals surface area contributed by atoms with Crippen molar-refractivity contribution in [3.63, 3.8) is 0 Å². The Kier molecular flexibility index (Phi) is 4.44. The summed E-state index contributed by atoms with van der Waals surface area (Å²) < 4.78 is 36.0. The highest BCUT2D eigenvalue weighted by molar-refractivity contribution is 8.93. The van der Waals surface area contributed by atoms with Crippen molar-refractivity contribution in [1.29, 1.82) is 0 Å². The van der Waals surface area contributed by atoms with Crippen LogP contribution in [0.25, 0.3) is 0 Å². The van der Waals surface area contributed by atoms with E-state index in [0.717, 1.165) is 4.90 Å². The Morgan fingerprint density at radius 3 is 2.17 bits per heavy atom. The summed E-state index contributed by atoms with van der Waals surface area (Å²) in [7, 11) is 1.69. The normalized spacial score (nSPS) is 18.4. The Hall–Kier alpha value is -0.390. The fraction of sp³-hybridized carbons (Fsp3) is 0.667. The highest BCUT2D eigenvalue weighted by Crippen LogP contribution is 2.15. The van der Waals surface area contributed by atoms with Crippen LogP contribution >= 0.6 is 17.0 Å². The second-order valence-electron chi connectivity index (χ2n) is 2.42. The standard InChI is InChI=1S/C6H9F3N2.BrH/c1-10-2-3-11(4-10)6(9)5(7)8;/h2-3,5-6H,4H2,1H3;1H. The largest absolute Gasteiger partial charge is 0.362 e. The third kappa shape index (κ3) is 2.58. The fourth-order valence-electron chi connectivity index (χ4n) is 0.856. The molecule has 1 unspecified atom stereocenters. The molecule has 0 aromatic rings. The molecule has 72 valence electrons. The number of nitrogens with zero attached hydrogens (tertiary/aromatic N) is 2. The molecule has 0 aromatic heterocycles. The van der Waals surface area contributed by atoms with E-state index in [0.29, 0.717) is 0 Å². The first-order valence-electron chi connectivity index (χ1n) is 3.18. The summed E-state index contributed by atoms with van der Waals surface area (Å²) in [5, 5.41) is 0. The average Bonchev–Trinajstić information content (AvgIpc) is 2.34. The zero-order valence-corrected chi connectivity index (χ0v) is 8.17. The lowest BCUT2D eigenvalue weighted by Crippen LogP contribution is -2.34. The lowest BCUT2D eigenvalue weighted by Gasteiger charge is -2.21. The molecule has 1 aliphatic heterocycles. The predicted molar refractivity (Wildman–Crippen MR) is 44.8 cm³/mol. The SMILES string of the molecule is Br.CN1C=CN(C(F)C(F)F)C1. The van der Waals surface area contributed by atoms with E-state index in [1.165, 1.54) is 6.20 Å². The van der Waals surface area contributed by atoms with Crippen molar-refractivity contribution in [2.24, 2.45) is 0 Å². The van der Waals surface area contributed by atoms with Crippen LogP contribution in [-0.4, -0.2) is 36.2 Å². The van der Waals surface area contributed by atoms with Gasteiger partial charge in [-0.25, -0.2) is 13.2 Å². The lowest BCUT2D eigenvalue weighted by molar-refractivity contribution is -0.0318. The van der Waals surface area contributed by atoms with Crippen molar-refractivity contribution >= 4 is 17.0 Å². The first-order valence-corrected chi connectivity index (χ1v) is 3.18. The van der Waals surface area contributed by atoms with Crippen LogP contribution in [0.15, 0.2) is 12.4 Å². The van der Waals surface area contributed by atoms with Gasteiger partial charge in [0, 0.05) is 19.4 Å². The van der Waals surface area contributed by atoms with E-state index in [1.807, 2.05) is 0 Å². The Morgan fingerprint density at radius 2 is 1.83 bits per heavy atom. The van der Waals surface area contributed by atoms with E-state index in [4.69, 9.17) is 0 Å². The van der Waals surface area contributed by atoms with Crippen LogP contribution in [0.3, 0.4) is 0 Å². The second-order valence-corrected chi connectivity index (χ2v) is 2.42. The highest BCUT2D eigenvalue weighted by Gasteiger charge is 2.27. The first kappa shape index (κ1) is 11.6. The van der Waals surface area contributed by atoms with Crippen molar-refractivity contribution in [3.05, 3.63) is 12.4 Å². The average molecular weight is 247 g/mol. The van der Waals surface area contributed by atoms with Gasteiger partial charge in [-0.15, -0.1) is 17.0 Å². The molecule has 1 aliphatic rings. The maximum Gasteiger partial charge on any atom is 0.287 e. The van der Waals surface area contributed by atoms with Gasteiger partial charge >= 0.3 is 0 Å². The summed E-state index contributed by atoms with van der Waals surface area (Å²) in [6.07, 6.45) is -2.26. The molecule has 6 heteroatoms. The zero-order valence-electron chi connectivity index (χ0n) is 6.45. The van der Waals surface area contributed by atoms with Crippen LogP contribution in [0.2, 0.25) is 0 Å². The minimum atomic E-state index is -2.94.